The van der Waals surface area contributed by atoms with E-state index in [-0.39, 0.29) is 0 Å². The summed E-state index contributed by atoms with van der Waals surface area (Å²) in [5.74, 6) is 0. The first kappa shape index (κ1) is 13.8. The van der Waals surface area contributed by atoms with Crippen LogP contribution in [0.2, 0.25) is 0 Å². The maximum absolute atomic E-state index is 5.46. The molecule has 0 aromatic heterocycles. The van der Waals surface area contributed by atoms with Crippen molar-refractivity contribution in [2.24, 2.45) is 5.41 Å². The molecular formula is C14H26BrNO. The topological polar surface area (TPSA) is 12.5 Å². The van der Waals surface area contributed by atoms with Crippen LogP contribution in [0.5, 0.6) is 0 Å². The zero-order chi connectivity index (χ0) is 12.1. The first-order valence-electron chi connectivity index (χ1n) is 7.10. The van der Waals surface area contributed by atoms with Crippen molar-refractivity contribution in [2.45, 2.75) is 51.0 Å². The van der Waals surface area contributed by atoms with Crippen LogP contribution < -0.4 is 0 Å². The lowest BCUT2D eigenvalue weighted by molar-refractivity contribution is 0.0246. The van der Waals surface area contributed by atoms with E-state index in [9.17, 15) is 0 Å². The first-order valence-corrected chi connectivity index (χ1v) is 8.22. The van der Waals surface area contributed by atoms with Crippen LogP contribution >= 0.6 is 15.9 Å². The quantitative estimate of drug-likeness (QED) is 0.738. The minimum absolute atomic E-state index is 0.547. The highest BCUT2D eigenvalue weighted by Gasteiger charge is 2.33. The lowest BCUT2D eigenvalue weighted by atomic mass is 9.75. The van der Waals surface area contributed by atoms with Crippen molar-refractivity contribution in [1.29, 1.82) is 0 Å². The summed E-state index contributed by atoms with van der Waals surface area (Å²) in [5.41, 5.74) is 0.547. The number of rotatable bonds is 4. The monoisotopic (exact) mass is 303 g/mol. The average Bonchev–Trinajstić information content (AvgIpc) is 2.41. The molecule has 2 rings (SSSR count). The predicted octanol–water partition coefficient (Wildman–Crippen LogP) is 3.44. The van der Waals surface area contributed by atoms with E-state index in [0.717, 1.165) is 19.3 Å². The van der Waals surface area contributed by atoms with E-state index >= 15 is 0 Å². The van der Waals surface area contributed by atoms with Gasteiger partial charge in [-0.25, -0.2) is 0 Å². The fourth-order valence-corrected chi connectivity index (χ4v) is 4.16. The van der Waals surface area contributed by atoms with Gasteiger partial charge in [-0.2, -0.15) is 0 Å². The van der Waals surface area contributed by atoms with Crippen molar-refractivity contribution in [3.63, 3.8) is 0 Å². The molecule has 0 unspecified atom stereocenters. The first-order chi connectivity index (χ1) is 8.26. The molecule has 1 saturated heterocycles. The Kier molecular flexibility index (Phi) is 5.31. The highest BCUT2D eigenvalue weighted by molar-refractivity contribution is 9.09. The summed E-state index contributed by atoms with van der Waals surface area (Å²) in [6.07, 6.45) is 9.54. The Morgan fingerprint density at radius 1 is 1.18 bits per heavy atom. The Morgan fingerprint density at radius 3 is 2.41 bits per heavy atom. The average molecular weight is 304 g/mol. The number of nitrogens with zero attached hydrogens (tertiary/aromatic N) is 1. The summed E-state index contributed by atoms with van der Waals surface area (Å²) < 4.78 is 5.46. The van der Waals surface area contributed by atoms with Gasteiger partial charge >= 0.3 is 0 Å². The van der Waals surface area contributed by atoms with Gasteiger partial charge in [0.25, 0.3) is 0 Å². The molecule has 1 aliphatic carbocycles. The molecule has 100 valence electrons. The maximum Gasteiger partial charge on any atom is 0.0480 e. The van der Waals surface area contributed by atoms with Crippen molar-refractivity contribution in [1.82, 2.24) is 4.90 Å². The molecule has 0 spiro atoms. The third-order valence-electron chi connectivity index (χ3n) is 4.60. The van der Waals surface area contributed by atoms with E-state index in [2.05, 4.69) is 27.9 Å². The van der Waals surface area contributed by atoms with Crippen molar-refractivity contribution in [3.8, 4) is 0 Å². The fraction of sp³-hybridized carbons (Fsp3) is 1.00. The number of ether oxygens (including phenoxy) is 1. The molecule has 0 N–H and O–H groups in total. The molecule has 0 aromatic carbocycles. The van der Waals surface area contributed by atoms with Crippen LogP contribution in [-0.4, -0.2) is 43.1 Å². The molecule has 1 aliphatic heterocycles. The number of alkyl halides is 1. The van der Waals surface area contributed by atoms with Gasteiger partial charge in [-0.3, -0.25) is 0 Å². The predicted molar refractivity (Wildman–Crippen MR) is 75.8 cm³/mol. The maximum atomic E-state index is 5.46. The summed E-state index contributed by atoms with van der Waals surface area (Å²) in [4.78, 5) is 2.61. The highest BCUT2D eigenvalue weighted by atomic mass is 79.9. The smallest absolute Gasteiger partial charge is 0.0480 e. The second-order valence-corrected chi connectivity index (χ2v) is 6.51. The van der Waals surface area contributed by atoms with E-state index in [1.807, 2.05) is 0 Å². The second kappa shape index (κ2) is 6.53. The number of hydrogen-bond acceptors (Lipinski definition) is 2. The summed E-state index contributed by atoms with van der Waals surface area (Å²) in [6, 6.07) is 0.751. The van der Waals surface area contributed by atoms with Crippen LogP contribution in [0.1, 0.15) is 44.9 Å². The van der Waals surface area contributed by atoms with Crippen LogP contribution in [0.3, 0.4) is 0 Å². The normalized spacial score (nSPS) is 26.3. The molecule has 2 nitrogen and oxygen atoms in total. The molecule has 2 aliphatic rings. The summed E-state index contributed by atoms with van der Waals surface area (Å²) in [5, 5.41) is 1.17. The lowest BCUT2D eigenvalue weighted by Crippen LogP contribution is -2.45. The molecule has 0 aromatic rings. The Hall–Kier alpha value is 0.400. The molecule has 0 bridgehead atoms. The van der Waals surface area contributed by atoms with E-state index in [1.165, 1.54) is 56.8 Å². The molecule has 0 atom stereocenters. The van der Waals surface area contributed by atoms with Crippen LogP contribution in [0.15, 0.2) is 0 Å². The third-order valence-corrected chi connectivity index (χ3v) is 5.79. The Morgan fingerprint density at radius 2 is 1.82 bits per heavy atom. The highest BCUT2D eigenvalue weighted by Crippen LogP contribution is 2.39. The summed E-state index contributed by atoms with van der Waals surface area (Å²) in [7, 11) is 2.31. The SMILES string of the molecule is CN(CC1(CBr)CCCCC1)C1CCOCC1. The third kappa shape index (κ3) is 3.68. The van der Waals surface area contributed by atoms with Crippen LogP contribution in [0, 0.1) is 5.41 Å². The van der Waals surface area contributed by atoms with E-state index in [1.54, 1.807) is 0 Å². The van der Waals surface area contributed by atoms with Crippen LogP contribution in [0.4, 0.5) is 0 Å². The molecule has 1 saturated carbocycles. The number of hydrogen-bond donors (Lipinski definition) is 0. The van der Waals surface area contributed by atoms with Gasteiger partial charge in [0.2, 0.25) is 0 Å². The van der Waals surface area contributed by atoms with Gasteiger partial charge in [-0.15, -0.1) is 0 Å². The fourth-order valence-electron chi connectivity index (χ4n) is 3.42. The van der Waals surface area contributed by atoms with Crippen molar-refractivity contribution in [2.75, 3.05) is 32.1 Å². The molecule has 0 amide bonds. The Labute approximate surface area is 114 Å². The van der Waals surface area contributed by atoms with Crippen LogP contribution in [-0.2, 0) is 4.74 Å². The van der Waals surface area contributed by atoms with Gasteiger partial charge in [0.05, 0.1) is 0 Å². The van der Waals surface area contributed by atoms with E-state index in [4.69, 9.17) is 4.74 Å². The van der Waals surface area contributed by atoms with E-state index < -0.39 is 0 Å². The zero-order valence-electron chi connectivity index (χ0n) is 11.1. The minimum Gasteiger partial charge on any atom is -0.381 e. The largest absolute Gasteiger partial charge is 0.381 e. The van der Waals surface area contributed by atoms with Gasteiger partial charge in [0.1, 0.15) is 0 Å². The molecule has 0 radical (unpaired) electrons. The van der Waals surface area contributed by atoms with E-state index in [0.29, 0.717) is 5.41 Å². The van der Waals surface area contributed by atoms with Gasteiger partial charge < -0.3 is 9.64 Å². The summed E-state index contributed by atoms with van der Waals surface area (Å²) in [6.45, 7) is 3.18. The molecule has 3 heteroatoms. The summed E-state index contributed by atoms with van der Waals surface area (Å²) >= 11 is 3.77. The second-order valence-electron chi connectivity index (χ2n) is 5.95. The standard InChI is InChI=1S/C14H26BrNO/c1-16(13-5-9-17-10-6-13)12-14(11-15)7-3-2-4-8-14/h13H,2-12H2,1H3. The molecule has 17 heavy (non-hydrogen) atoms. The van der Waals surface area contributed by atoms with Gasteiger partial charge in [0.15, 0.2) is 0 Å². The molecule has 2 fully saturated rings. The molecular weight excluding hydrogens is 278 g/mol. The van der Waals surface area contributed by atoms with Gasteiger partial charge in [-0.1, -0.05) is 35.2 Å². The van der Waals surface area contributed by atoms with Gasteiger partial charge in [-0.05, 0) is 38.1 Å². The van der Waals surface area contributed by atoms with Crippen molar-refractivity contribution >= 4 is 15.9 Å². The lowest BCUT2D eigenvalue weighted by Gasteiger charge is -2.42. The van der Waals surface area contributed by atoms with Crippen molar-refractivity contribution < 1.29 is 4.74 Å². The Bertz CT molecular complexity index is 222. The van der Waals surface area contributed by atoms with Crippen molar-refractivity contribution in [3.05, 3.63) is 0 Å². The van der Waals surface area contributed by atoms with Crippen LogP contribution in [0.25, 0.3) is 0 Å². The Balaban J connectivity index is 1.88. The minimum atomic E-state index is 0.547. The molecule has 1 heterocycles. The zero-order valence-corrected chi connectivity index (χ0v) is 12.7. The van der Waals surface area contributed by atoms with Gasteiger partial charge in [0, 0.05) is 31.1 Å². The number of halogens is 1.